The molecule has 0 aliphatic heterocycles. The molecule has 88 valence electrons. The maximum atomic E-state index is 10.6. The van der Waals surface area contributed by atoms with Gasteiger partial charge in [-0.05, 0) is 18.2 Å². The minimum Gasteiger partial charge on any atom is -0.262 e. The van der Waals surface area contributed by atoms with Crippen molar-refractivity contribution in [3.05, 3.63) is 59.0 Å². The second-order valence-electron chi connectivity index (χ2n) is 3.76. The van der Waals surface area contributed by atoms with Crippen LogP contribution in [0.2, 0.25) is 0 Å². The van der Waals surface area contributed by atoms with Crippen LogP contribution in [0.3, 0.4) is 0 Å². The number of hydrogen-bond acceptors (Lipinski definition) is 4. The summed E-state index contributed by atoms with van der Waals surface area (Å²) in [6.07, 6.45) is 5.15. The first kappa shape index (κ1) is 10.4. The molecule has 0 aliphatic carbocycles. The summed E-state index contributed by atoms with van der Waals surface area (Å²) < 4.78 is 1.70. The van der Waals surface area contributed by atoms with E-state index in [-0.39, 0.29) is 5.69 Å². The Labute approximate surface area is 102 Å². The molecule has 1 aromatic carbocycles. The Morgan fingerprint density at radius 3 is 2.61 bits per heavy atom. The third-order valence-corrected chi connectivity index (χ3v) is 2.68. The van der Waals surface area contributed by atoms with E-state index in [0.29, 0.717) is 0 Å². The number of nitro benzene ring substituents is 1. The number of nitrogens with zero attached hydrogens (tertiary/aromatic N) is 4. The Balaban J connectivity index is 2.12. The summed E-state index contributed by atoms with van der Waals surface area (Å²) in [4.78, 5) is 14.2. The van der Waals surface area contributed by atoms with Crippen molar-refractivity contribution >= 4 is 16.6 Å². The fourth-order valence-corrected chi connectivity index (χ4v) is 1.79. The van der Waals surface area contributed by atoms with E-state index in [9.17, 15) is 10.1 Å². The molecule has 6 heteroatoms. The van der Waals surface area contributed by atoms with Gasteiger partial charge in [-0.3, -0.25) is 15.1 Å². The van der Waals surface area contributed by atoms with Crippen molar-refractivity contribution in [1.82, 2.24) is 14.8 Å². The zero-order valence-corrected chi connectivity index (χ0v) is 9.22. The number of pyridine rings is 1. The van der Waals surface area contributed by atoms with Gasteiger partial charge < -0.3 is 0 Å². The summed E-state index contributed by atoms with van der Waals surface area (Å²) in [5.41, 5.74) is 1.70. The van der Waals surface area contributed by atoms with Crippen molar-refractivity contribution in [3.8, 4) is 5.69 Å². The van der Waals surface area contributed by atoms with Gasteiger partial charge in [0.05, 0.1) is 28.5 Å². The lowest BCUT2D eigenvalue weighted by Gasteiger charge is -2.02. The molecule has 18 heavy (non-hydrogen) atoms. The Hall–Kier alpha value is -2.76. The Bertz CT molecular complexity index is 718. The second-order valence-corrected chi connectivity index (χ2v) is 3.76. The van der Waals surface area contributed by atoms with Gasteiger partial charge in [0.25, 0.3) is 5.69 Å². The number of nitro groups is 1. The minimum atomic E-state index is -0.424. The first-order valence-electron chi connectivity index (χ1n) is 5.28. The van der Waals surface area contributed by atoms with Crippen molar-refractivity contribution in [1.29, 1.82) is 0 Å². The van der Waals surface area contributed by atoms with Crippen LogP contribution in [0.25, 0.3) is 16.6 Å². The average molecular weight is 240 g/mol. The predicted molar refractivity (Wildman–Crippen MR) is 65.5 cm³/mol. The van der Waals surface area contributed by atoms with Gasteiger partial charge in [-0.25, -0.2) is 4.68 Å². The van der Waals surface area contributed by atoms with Gasteiger partial charge in [0.2, 0.25) is 0 Å². The average Bonchev–Trinajstić information content (AvgIpc) is 2.82. The predicted octanol–water partition coefficient (Wildman–Crippen LogP) is 2.33. The zero-order valence-electron chi connectivity index (χ0n) is 9.22. The smallest absolute Gasteiger partial charge is 0.262 e. The number of benzene rings is 1. The lowest BCUT2D eigenvalue weighted by atomic mass is 10.3. The molecule has 0 amide bonds. The van der Waals surface area contributed by atoms with Crippen LogP contribution in [0.1, 0.15) is 0 Å². The van der Waals surface area contributed by atoms with E-state index in [4.69, 9.17) is 0 Å². The third kappa shape index (κ3) is 1.60. The molecule has 0 aliphatic rings. The summed E-state index contributed by atoms with van der Waals surface area (Å²) in [5.74, 6) is 0. The molecule has 0 saturated carbocycles. The normalized spacial score (nSPS) is 10.7. The molecule has 6 nitrogen and oxygen atoms in total. The monoisotopic (exact) mass is 240 g/mol. The van der Waals surface area contributed by atoms with Crippen molar-refractivity contribution < 1.29 is 4.92 Å². The zero-order chi connectivity index (χ0) is 12.5. The molecule has 0 radical (unpaired) electrons. The van der Waals surface area contributed by atoms with E-state index in [1.807, 2.05) is 6.07 Å². The molecular weight excluding hydrogens is 232 g/mol. The van der Waals surface area contributed by atoms with E-state index >= 15 is 0 Å². The molecule has 2 heterocycles. The SMILES string of the molecule is O=[N+]([O-])c1ccc(-n2ncc3ccncc32)cc1. The van der Waals surface area contributed by atoms with Gasteiger partial charge >= 0.3 is 0 Å². The first-order chi connectivity index (χ1) is 8.75. The van der Waals surface area contributed by atoms with E-state index in [1.54, 1.807) is 35.4 Å². The number of hydrogen-bond donors (Lipinski definition) is 0. The highest BCUT2D eigenvalue weighted by Crippen LogP contribution is 2.19. The van der Waals surface area contributed by atoms with Gasteiger partial charge in [0.15, 0.2) is 0 Å². The van der Waals surface area contributed by atoms with Gasteiger partial charge in [-0.15, -0.1) is 0 Å². The highest BCUT2D eigenvalue weighted by molar-refractivity contribution is 5.79. The maximum Gasteiger partial charge on any atom is 0.269 e. The summed E-state index contributed by atoms with van der Waals surface area (Å²) >= 11 is 0. The topological polar surface area (TPSA) is 73.8 Å². The lowest BCUT2D eigenvalue weighted by Crippen LogP contribution is -1.96. The molecule has 2 aromatic heterocycles. The number of rotatable bonds is 2. The fourth-order valence-electron chi connectivity index (χ4n) is 1.79. The van der Waals surface area contributed by atoms with Crippen LogP contribution < -0.4 is 0 Å². The molecule has 0 spiro atoms. The second kappa shape index (κ2) is 3.92. The van der Waals surface area contributed by atoms with E-state index in [2.05, 4.69) is 10.1 Å². The summed E-state index contributed by atoms with van der Waals surface area (Å²) in [5, 5.41) is 15.8. The summed E-state index contributed by atoms with van der Waals surface area (Å²) in [6, 6.07) is 8.11. The molecule has 0 fully saturated rings. The van der Waals surface area contributed by atoms with Gasteiger partial charge in [-0.1, -0.05) is 0 Å². The van der Waals surface area contributed by atoms with E-state index in [0.717, 1.165) is 16.6 Å². The van der Waals surface area contributed by atoms with Crippen LogP contribution in [-0.2, 0) is 0 Å². The van der Waals surface area contributed by atoms with Gasteiger partial charge in [0, 0.05) is 23.7 Å². The summed E-state index contributed by atoms with van der Waals surface area (Å²) in [7, 11) is 0. The van der Waals surface area contributed by atoms with Crippen molar-refractivity contribution in [2.75, 3.05) is 0 Å². The van der Waals surface area contributed by atoms with Crippen molar-refractivity contribution in [2.45, 2.75) is 0 Å². The first-order valence-corrected chi connectivity index (χ1v) is 5.28. The van der Waals surface area contributed by atoms with Crippen LogP contribution in [0.15, 0.2) is 48.9 Å². The highest BCUT2D eigenvalue weighted by atomic mass is 16.6. The van der Waals surface area contributed by atoms with Crippen LogP contribution in [0.5, 0.6) is 0 Å². The largest absolute Gasteiger partial charge is 0.269 e. The Morgan fingerprint density at radius 1 is 1.11 bits per heavy atom. The standard InChI is InChI=1S/C12H8N4O2/c17-16(18)11-3-1-10(2-4-11)15-12-8-13-6-5-9(12)7-14-15/h1-8H. The Morgan fingerprint density at radius 2 is 1.89 bits per heavy atom. The highest BCUT2D eigenvalue weighted by Gasteiger charge is 2.07. The molecule has 3 rings (SSSR count). The number of fused-ring (bicyclic) bond motifs is 1. The van der Waals surface area contributed by atoms with E-state index < -0.39 is 4.92 Å². The maximum absolute atomic E-state index is 10.6. The molecule has 0 N–H and O–H groups in total. The Kier molecular flexibility index (Phi) is 2.26. The van der Waals surface area contributed by atoms with Crippen LogP contribution in [0, 0.1) is 10.1 Å². The van der Waals surface area contributed by atoms with E-state index in [1.165, 1.54) is 12.1 Å². The summed E-state index contributed by atoms with van der Waals surface area (Å²) in [6.45, 7) is 0. The molecule has 3 aromatic rings. The van der Waals surface area contributed by atoms with Crippen molar-refractivity contribution in [2.24, 2.45) is 0 Å². The van der Waals surface area contributed by atoms with Crippen LogP contribution in [0.4, 0.5) is 5.69 Å². The van der Waals surface area contributed by atoms with Crippen LogP contribution >= 0.6 is 0 Å². The molecule has 0 unspecified atom stereocenters. The molecule has 0 saturated heterocycles. The fraction of sp³-hybridized carbons (Fsp3) is 0. The van der Waals surface area contributed by atoms with Gasteiger partial charge in [0.1, 0.15) is 0 Å². The lowest BCUT2D eigenvalue weighted by molar-refractivity contribution is -0.384. The molecule has 0 atom stereocenters. The van der Waals surface area contributed by atoms with Gasteiger partial charge in [-0.2, -0.15) is 5.10 Å². The van der Waals surface area contributed by atoms with Crippen LogP contribution in [-0.4, -0.2) is 19.7 Å². The molecular formula is C12H8N4O2. The van der Waals surface area contributed by atoms with Crippen molar-refractivity contribution in [3.63, 3.8) is 0 Å². The molecule has 0 bridgehead atoms. The minimum absolute atomic E-state index is 0.0633. The number of non-ortho nitro benzene ring substituents is 1. The number of aromatic nitrogens is 3. The third-order valence-electron chi connectivity index (χ3n) is 2.68. The quantitative estimate of drug-likeness (QED) is 0.509.